The third kappa shape index (κ3) is 2.93. The zero-order valence-electron chi connectivity index (χ0n) is 10.4. The molecule has 1 aliphatic carbocycles. The summed E-state index contributed by atoms with van der Waals surface area (Å²) in [5, 5.41) is 13.5. The number of benzene rings is 1. The molecule has 0 spiro atoms. The molecule has 1 aromatic carbocycles. The summed E-state index contributed by atoms with van der Waals surface area (Å²) in [6, 6.07) is 4.47. The van der Waals surface area contributed by atoms with Crippen LogP contribution in [0.5, 0.6) is 0 Å². The Morgan fingerprint density at radius 2 is 2.21 bits per heavy atom. The van der Waals surface area contributed by atoms with Crippen molar-refractivity contribution < 1.29 is 9.72 Å². The molecule has 0 bridgehead atoms. The van der Waals surface area contributed by atoms with Crippen molar-refractivity contribution in [2.24, 2.45) is 11.7 Å². The molecule has 1 atom stereocenters. The second-order valence-corrected chi connectivity index (χ2v) is 5.85. The Balaban J connectivity index is 2.23. The number of nitrogens with one attached hydrogen (secondary N) is 1. The molecule has 102 valence electrons. The average molecular weight is 328 g/mol. The second kappa shape index (κ2) is 4.90. The van der Waals surface area contributed by atoms with Crippen LogP contribution in [0.4, 0.5) is 11.4 Å². The van der Waals surface area contributed by atoms with Gasteiger partial charge in [-0.05, 0) is 37.8 Å². The fourth-order valence-corrected chi connectivity index (χ4v) is 2.24. The summed E-state index contributed by atoms with van der Waals surface area (Å²) in [5.41, 5.74) is 5.00. The lowest BCUT2D eigenvalue weighted by Gasteiger charge is -2.23. The van der Waals surface area contributed by atoms with Gasteiger partial charge in [-0.3, -0.25) is 14.9 Å². The highest BCUT2D eigenvalue weighted by atomic mass is 79.9. The molecule has 0 radical (unpaired) electrons. The zero-order chi connectivity index (χ0) is 14.2. The van der Waals surface area contributed by atoms with Crippen molar-refractivity contribution in [3.63, 3.8) is 0 Å². The number of carbonyl (C=O) groups is 1. The van der Waals surface area contributed by atoms with Crippen LogP contribution in [0.15, 0.2) is 22.7 Å². The van der Waals surface area contributed by atoms with E-state index in [9.17, 15) is 14.9 Å². The number of nitro groups is 1. The molecule has 1 unspecified atom stereocenters. The summed E-state index contributed by atoms with van der Waals surface area (Å²) in [6.45, 7) is 1.66. The van der Waals surface area contributed by atoms with Crippen LogP contribution < -0.4 is 11.1 Å². The van der Waals surface area contributed by atoms with Gasteiger partial charge < -0.3 is 11.1 Å². The number of amides is 1. The summed E-state index contributed by atoms with van der Waals surface area (Å²) in [6.07, 6.45) is 1.84. The summed E-state index contributed by atoms with van der Waals surface area (Å²) >= 11 is 3.16. The Morgan fingerprint density at radius 3 is 2.74 bits per heavy atom. The van der Waals surface area contributed by atoms with Crippen molar-refractivity contribution in [1.82, 2.24) is 0 Å². The minimum Gasteiger partial charge on any atom is -0.319 e. The molecular weight excluding hydrogens is 314 g/mol. The molecule has 19 heavy (non-hydrogen) atoms. The minimum absolute atomic E-state index is 0.155. The van der Waals surface area contributed by atoms with E-state index < -0.39 is 10.5 Å². The van der Waals surface area contributed by atoms with E-state index in [-0.39, 0.29) is 23.2 Å². The van der Waals surface area contributed by atoms with Crippen molar-refractivity contribution in [3.8, 4) is 0 Å². The summed E-state index contributed by atoms with van der Waals surface area (Å²) in [4.78, 5) is 22.5. The molecule has 1 aliphatic rings. The summed E-state index contributed by atoms with van der Waals surface area (Å²) in [5.74, 6) is -0.234. The number of halogens is 1. The zero-order valence-corrected chi connectivity index (χ0v) is 11.9. The van der Waals surface area contributed by atoms with Gasteiger partial charge in [0, 0.05) is 10.5 Å². The van der Waals surface area contributed by atoms with Crippen LogP contribution in [0.2, 0.25) is 0 Å². The molecule has 0 saturated heterocycles. The standard InChI is InChI=1S/C12H14BrN3O3/c1-12(14,7-2-3-7)11(17)15-9-5-4-8(13)6-10(9)16(18)19/h4-7H,2-3,14H2,1H3,(H,15,17). The first kappa shape index (κ1) is 14.0. The maximum atomic E-state index is 12.1. The monoisotopic (exact) mass is 327 g/mol. The maximum absolute atomic E-state index is 12.1. The highest BCUT2D eigenvalue weighted by Gasteiger charge is 2.44. The number of nitro benzene ring substituents is 1. The SMILES string of the molecule is CC(N)(C(=O)Nc1ccc(Br)cc1[N+](=O)[O-])C1CC1. The minimum atomic E-state index is -0.985. The summed E-state index contributed by atoms with van der Waals surface area (Å²) in [7, 11) is 0. The van der Waals surface area contributed by atoms with Crippen molar-refractivity contribution >= 4 is 33.2 Å². The van der Waals surface area contributed by atoms with Gasteiger partial charge in [-0.2, -0.15) is 0 Å². The van der Waals surface area contributed by atoms with Gasteiger partial charge in [0.25, 0.3) is 5.69 Å². The summed E-state index contributed by atoms with van der Waals surface area (Å²) < 4.78 is 0.579. The van der Waals surface area contributed by atoms with Gasteiger partial charge in [0.2, 0.25) is 5.91 Å². The van der Waals surface area contributed by atoms with Crippen molar-refractivity contribution in [2.45, 2.75) is 25.3 Å². The van der Waals surface area contributed by atoms with E-state index in [1.165, 1.54) is 12.1 Å². The number of anilines is 1. The molecule has 1 saturated carbocycles. The van der Waals surface area contributed by atoms with Crippen LogP contribution in [0.1, 0.15) is 19.8 Å². The van der Waals surface area contributed by atoms with Crippen LogP contribution in [-0.2, 0) is 4.79 Å². The maximum Gasteiger partial charge on any atom is 0.293 e. The van der Waals surface area contributed by atoms with Gasteiger partial charge in [-0.15, -0.1) is 0 Å². The van der Waals surface area contributed by atoms with Crippen LogP contribution >= 0.6 is 15.9 Å². The fourth-order valence-electron chi connectivity index (χ4n) is 1.89. The Morgan fingerprint density at radius 1 is 1.58 bits per heavy atom. The van der Waals surface area contributed by atoms with E-state index >= 15 is 0 Å². The Bertz CT molecular complexity index is 541. The van der Waals surface area contributed by atoms with E-state index in [1.807, 2.05) is 0 Å². The predicted molar refractivity (Wildman–Crippen MR) is 74.7 cm³/mol. The molecule has 0 aromatic heterocycles. The van der Waals surface area contributed by atoms with Crippen LogP contribution in [-0.4, -0.2) is 16.4 Å². The lowest BCUT2D eigenvalue weighted by Crippen LogP contribution is -2.50. The lowest BCUT2D eigenvalue weighted by atomic mass is 9.96. The third-order valence-electron chi connectivity index (χ3n) is 3.32. The van der Waals surface area contributed by atoms with Gasteiger partial charge in [0.15, 0.2) is 0 Å². The molecule has 7 heteroatoms. The molecule has 6 nitrogen and oxygen atoms in total. The topological polar surface area (TPSA) is 98.3 Å². The van der Waals surface area contributed by atoms with Crippen LogP contribution in [0.25, 0.3) is 0 Å². The molecule has 1 amide bonds. The highest BCUT2D eigenvalue weighted by Crippen LogP contribution is 2.39. The Kier molecular flexibility index (Phi) is 3.60. The number of hydrogen-bond donors (Lipinski definition) is 2. The first-order chi connectivity index (χ1) is 8.82. The molecule has 0 heterocycles. The van der Waals surface area contributed by atoms with Crippen molar-refractivity contribution in [1.29, 1.82) is 0 Å². The van der Waals surface area contributed by atoms with Gasteiger partial charge in [-0.1, -0.05) is 15.9 Å². The predicted octanol–water partition coefficient (Wildman–Crippen LogP) is 2.42. The largest absolute Gasteiger partial charge is 0.319 e. The second-order valence-electron chi connectivity index (χ2n) is 4.93. The van der Waals surface area contributed by atoms with E-state index in [2.05, 4.69) is 21.2 Å². The smallest absolute Gasteiger partial charge is 0.293 e. The molecule has 0 aliphatic heterocycles. The molecule has 2 rings (SSSR count). The fraction of sp³-hybridized carbons (Fsp3) is 0.417. The van der Waals surface area contributed by atoms with Crippen LogP contribution in [0, 0.1) is 16.0 Å². The molecule has 3 N–H and O–H groups in total. The normalized spacial score (nSPS) is 17.6. The number of carbonyl (C=O) groups excluding carboxylic acids is 1. The van der Waals surface area contributed by atoms with E-state index in [1.54, 1.807) is 13.0 Å². The Hall–Kier alpha value is -1.47. The van der Waals surface area contributed by atoms with Crippen molar-refractivity contribution in [3.05, 3.63) is 32.8 Å². The van der Waals surface area contributed by atoms with Gasteiger partial charge in [0.05, 0.1) is 10.5 Å². The number of nitrogens with two attached hydrogens (primary N) is 1. The van der Waals surface area contributed by atoms with Gasteiger partial charge in [0.1, 0.15) is 5.69 Å². The number of hydrogen-bond acceptors (Lipinski definition) is 4. The van der Waals surface area contributed by atoms with Crippen LogP contribution in [0.3, 0.4) is 0 Å². The van der Waals surface area contributed by atoms with E-state index in [4.69, 9.17) is 5.73 Å². The lowest BCUT2D eigenvalue weighted by molar-refractivity contribution is -0.384. The average Bonchev–Trinajstić information content (AvgIpc) is 3.15. The highest BCUT2D eigenvalue weighted by molar-refractivity contribution is 9.10. The molecule has 1 fully saturated rings. The third-order valence-corrected chi connectivity index (χ3v) is 3.81. The first-order valence-electron chi connectivity index (χ1n) is 5.86. The quantitative estimate of drug-likeness (QED) is 0.655. The van der Waals surface area contributed by atoms with Gasteiger partial charge >= 0.3 is 0 Å². The van der Waals surface area contributed by atoms with E-state index in [0.717, 1.165) is 12.8 Å². The van der Waals surface area contributed by atoms with E-state index in [0.29, 0.717) is 4.47 Å². The molecule has 1 aromatic rings. The van der Waals surface area contributed by atoms with Gasteiger partial charge in [-0.25, -0.2) is 0 Å². The van der Waals surface area contributed by atoms with Crippen molar-refractivity contribution in [2.75, 3.05) is 5.32 Å². The number of nitrogens with zero attached hydrogens (tertiary/aromatic N) is 1. The molecular formula is C12H14BrN3O3. The number of rotatable bonds is 4. The first-order valence-corrected chi connectivity index (χ1v) is 6.66. The Labute approximate surface area is 118 Å².